The number of aromatic nitrogens is 2. The number of hydrogen-bond acceptors (Lipinski definition) is 8. The molecule has 0 aliphatic carbocycles. The van der Waals surface area contributed by atoms with Gasteiger partial charge in [0.15, 0.2) is 0 Å². The van der Waals surface area contributed by atoms with E-state index in [0.717, 1.165) is 11.4 Å². The number of rotatable bonds is 6. The summed E-state index contributed by atoms with van der Waals surface area (Å²) in [6.07, 6.45) is 1.34. The second kappa shape index (κ2) is 8.53. The number of ether oxygens (including phenoxy) is 1. The van der Waals surface area contributed by atoms with Gasteiger partial charge in [0.2, 0.25) is 11.6 Å². The lowest BCUT2D eigenvalue weighted by atomic mass is 10.2. The molecule has 1 saturated heterocycles. The van der Waals surface area contributed by atoms with Crippen LogP contribution >= 0.6 is 0 Å². The predicted molar refractivity (Wildman–Crippen MR) is 110 cm³/mol. The van der Waals surface area contributed by atoms with Gasteiger partial charge in [-0.25, -0.2) is 9.97 Å². The van der Waals surface area contributed by atoms with Crippen molar-refractivity contribution in [1.82, 2.24) is 9.97 Å². The molecule has 1 N–H and O–H groups in total. The summed E-state index contributed by atoms with van der Waals surface area (Å²) in [5.41, 5.74) is 4.60. The van der Waals surface area contributed by atoms with Crippen molar-refractivity contribution < 1.29 is 9.66 Å². The van der Waals surface area contributed by atoms with E-state index < -0.39 is 4.92 Å². The van der Waals surface area contributed by atoms with Gasteiger partial charge < -0.3 is 9.64 Å². The van der Waals surface area contributed by atoms with Gasteiger partial charge in [0.1, 0.15) is 6.33 Å². The van der Waals surface area contributed by atoms with Crippen LogP contribution in [0.25, 0.3) is 0 Å². The van der Waals surface area contributed by atoms with Crippen LogP contribution in [0.1, 0.15) is 0 Å². The predicted octanol–water partition coefficient (Wildman–Crippen LogP) is 3.39. The number of nitrogens with zero attached hydrogens (tertiary/aromatic N) is 5. The molecule has 9 heteroatoms. The molecule has 1 aromatic heterocycles. The second-order valence-electron chi connectivity index (χ2n) is 6.37. The molecule has 4 rings (SSSR count). The van der Waals surface area contributed by atoms with Crippen LogP contribution in [0.5, 0.6) is 0 Å². The van der Waals surface area contributed by atoms with E-state index in [0.29, 0.717) is 26.3 Å². The highest BCUT2D eigenvalue weighted by Crippen LogP contribution is 2.34. The number of anilines is 4. The molecule has 3 aromatic rings. The normalized spacial score (nSPS) is 13.7. The Kier molecular flexibility index (Phi) is 5.48. The van der Waals surface area contributed by atoms with Crippen LogP contribution < -0.4 is 15.3 Å². The molecule has 1 aliphatic heterocycles. The Hall–Kier alpha value is -3.72. The van der Waals surface area contributed by atoms with Crippen LogP contribution in [-0.4, -0.2) is 41.2 Å². The molecule has 2 aromatic carbocycles. The van der Waals surface area contributed by atoms with Gasteiger partial charge in [0, 0.05) is 13.1 Å². The Morgan fingerprint density at radius 3 is 2.10 bits per heavy atom. The lowest BCUT2D eigenvalue weighted by molar-refractivity contribution is -0.383. The first-order valence-electron chi connectivity index (χ1n) is 9.23. The zero-order valence-corrected chi connectivity index (χ0v) is 15.6. The molecule has 148 valence electrons. The van der Waals surface area contributed by atoms with Gasteiger partial charge in [-0.3, -0.25) is 20.5 Å². The van der Waals surface area contributed by atoms with Gasteiger partial charge in [-0.05, 0) is 24.3 Å². The van der Waals surface area contributed by atoms with Gasteiger partial charge in [-0.15, -0.1) is 0 Å². The summed E-state index contributed by atoms with van der Waals surface area (Å²) in [4.78, 5) is 21.7. The monoisotopic (exact) mass is 392 g/mol. The Balaban J connectivity index is 1.75. The molecule has 0 amide bonds. The van der Waals surface area contributed by atoms with Crippen molar-refractivity contribution >= 4 is 28.7 Å². The molecule has 1 aliphatic rings. The summed E-state index contributed by atoms with van der Waals surface area (Å²) in [5, 5.41) is 13.7. The van der Waals surface area contributed by atoms with Crippen molar-refractivity contribution in [2.24, 2.45) is 0 Å². The molecule has 2 heterocycles. The van der Waals surface area contributed by atoms with Crippen LogP contribution in [0, 0.1) is 10.1 Å². The molecular formula is C20H20N6O3. The largest absolute Gasteiger partial charge is 0.378 e. The summed E-state index contributed by atoms with van der Waals surface area (Å²) in [6, 6.07) is 19.1. The fourth-order valence-electron chi connectivity index (χ4n) is 3.16. The molecule has 1 fully saturated rings. The van der Waals surface area contributed by atoms with Crippen molar-refractivity contribution in [3.05, 3.63) is 77.1 Å². The third-order valence-electron chi connectivity index (χ3n) is 4.54. The van der Waals surface area contributed by atoms with E-state index >= 15 is 0 Å². The van der Waals surface area contributed by atoms with Gasteiger partial charge in [-0.2, -0.15) is 0 Å². The number of para-hydroxylation sites is 2. The minimum atomic E-state index is -0.443. The maximum Gasteiger partial charge on any atom is 0.355 e. The van der Waals surface area contributed by atoms with Crippen molar-refractivity contribution in [2.75, 3.05) is 41.6 Å². The summed E-state index contributed by atoms with van der Waals surface area (Å²) in [6.45, 7) is 2.09. The first kappa shape index (κ1) is 18.6. The molecule has 0 atom stereocenters. The first-order chi connectivity index (χ1) is 14.2. The van der Waals surface area contributed by atoms with Gasteiger partial charge >= 0.3 is 5.69 Å². The molecule has 0 bridgehead atoms. The Labute approximate surface area is 167 Å². The third kappa shape index (κ3) is 4.09. The molecule has 0 saturated carbocycles. The summed E-state index contributed by atoms with van der Waals surface area (Å²) in [5.74, 6) is 0.413. The van der Waals surface area contributed by atoms with E-state index in [1.54, 1.807) is 5.01 Å². The van der Waals surface area contributed by atoms with Crippen LogP contribution in [0.15, 0.2) is 67.0 Å². The van der Waals surface area contributed by atoms with Gasteiger partial charge in [0.05, 0.1) is 29.5 Å². The standard InChI is InChI=1S/C20H20N6O3/c27-26(28)18-19(21-15-22-20(18)24-11-13-29-14-12-24)23-25(16-7-3-1-4-8-16)17-9-5-2-6-10-17/h1-10,15H,11-14H2,(H,21,22,23). The van der Waals surface area contributed by atoms with Crippen molar-refractivity contribution in [3.8, 4) is 0 Å². The first-order valence-corrected chi connectivity index (χ1v) is 9.23. The Bertz CT molecular complexity index is 925. The molecule has 0 spiro atoms. The maximum atomic E-state index is 11.9. The second-order valence-corrected chi connectivity index (χ2v) is 6.37. The number of nitro groups is 1. The minimum Gasteiger partial charge on any atom is -0.378 e. The molecule has 9 nitrogen and oxygen atoms in total. The molecule has 0 radical (unpaired) electrons. The SMILES string of the molecule is O=[N+]([O-])c1c(NN(c2ccccc2)c2ccccc2)ncnc1N1CCOCC1. The highest BCUT2D eigenvalue weighted by atomic mass is 16.6. The smallest absolute Gasteiger partial charge is 0.355 e. The van der Waals surface area contributed by atoms with E-state index in [2.05, 4.69) is 15.4 Å². The van der Waals surface area contributed by atoms with Crippen LogP contribution in [0.4, 0.5) is 28.7 Å². The minimum absolute atomic E-state index is 0.124. The van der Waals surface area contributed by atoms with Crippen LogP contribution in [-0.2, 0) is 4.74 Å². The molecule has 29 heavy (non-hydrogen) atoms. The lowest BCUT2D eigenvalue weighted by Gasteiger charge is -2.29. The van der Waals surface area contributed by atoms with Gasteiger partial charge in [0.25, 0.3) is 0 Å². The summed E-state index contributed by atoms with van der Waals surface area (Å²) in [7, 11) is 0. The number of benzene rings is 2. The summed E-state index contributed by atoms with van der Waals surface area (Å²) < 4.78 is 5.35. The zero-order valence-electron chi connectivity index (χ0n) is 15.6. The van der Waals surface area contributed by atoms with Crippen LogP contribution in [0.3, 0.4) is 0 Å². The fourth-order valence-corrected chi connectivity index (χ4v) is 3.16. The Morgan fingerprint density at radius 2 is 1.55 bits per heavy atom. The average Bonchev–Trinajstić information content (AvgIpc) is 2.79. The van der Waals surface area contributed by atoms with Crippen LogP contribution in [0.2, 0.25) is 0 Å². The van der Waals surface area contributed by atoms with E-state index in [4.69, 9.17) is 4.74 Å². The summed E-state index contributed by atoms with van der Waals surface area (Å²) >= 11 is 0. The number of hydrazine groups is 1. The lowest BCUT2D eigenvalue weighted by Crippen LogP contribution is -2.37. The Morgan fingerprint density at radius 1 is 0.966 bits per heavy atom. The van der Waals surface area contributed by atoms with E-state index in [1.807, 2.05) is 65.6 Å². The topological polar surface area (TPSA) is 96.7 Å². The fraction of sp³-hybridized carbons (Fsp3) is 0.200. The zero-order chi connectivity index (χ0) is 20.1. The highest BCUT2D eigenvalue weighted by Gasteiger charge is 2.29. The molecular weight excluding hydrogens is 372 g/mol. The quantitative estimate of drug-likeness (QED) is 0.504. The van der Waals surface area contributed by atoms with E-state index in [9.17, 15) is 10.1 Å². The molecule has 0 unspecified atom stereocenters. The number of morpholine rings is 1. The van der Waals surface area contributed by atoms with Crippen molar-refractivity contribution in [2.45, 2.75) is 0 Å². The van der Waals surface area contributed by atoms with Gasteiger partial charge in [-0.1, -0.05) is 36.4 Å². The highest BCUT2D eigenvalue weighted by molar-refractivity contribution is 5.75. The third-order valence-corrected chi connectivity index (χ3v) is 4.54. The maximum absolute atomic E-state index is 11.9. The van der Waals surface area contributed by atoms with E-state index in [1.165, 1.54) is 6.33 Å². The number of nitrogens with one attached hydrogen (secondary N) is 1. The van der Waals surface area contributed by atoms with Crippen molar-refractivity contribution in [3.63, 3.8) is 0 Å². The average molecular weight is 392 g/mol. The number of hydrogen-bond donors (Lipinski definition) is 1. The van der Waals surface area contributed by atoms with Crippen molar-refractivity contribution in [1.29, 1.82) is 0 Å². The van der Waals surface area contributed by atoms with E-state index in [-0.39, 0.29) is 17.3 Å².